The Morgan fingerprint density at radius 1 is 0.583 bits per heavy atom. The predicted molar refractivity (Wildman–Crippen MR) is 102 cm³/mol. The van der Waals surface area contributed by atoms with Crippen LogP contribution in [0.1, 0.15) is 27.8 Å². The first-order chi connectivity index (χ1) is 11.5. The van der Waals surface area contributed by atoms with Gasteiger partial charge in [0.1, 0.15) is 0 Å². The molecule has 0 aliphatic rings. The molecule has 0 radical (unpaired) electrons. The average Bonchev–Trinajstić information content (AvgIpc) is 2.56. The van der Waals surface area contributed by atoms with Gasteiger partial charge in [0.15, 0.2) is 0 Å². The highest BCUT2D eigenvalue weighted by Crippen LogP contribution is 2.41. The first-order valence-electron chi connectivity index (χ1n) is 8.42. The van der Waals surface area contributed by atoms with Gasteiger partial charge in [0.2, 0.25) is 0 Å². The molecule has 3 aromatic rings. The van der Waals surface area contributed by atoms with Crippen LogP contribution < -0.4 is 0 Å². The highest BCUT2D eigenvalue weighted by Gasteiger charge is 2.38. The molecule has 1 nitrogen and oxygen atoms in total. The van der Waals surface area contributed by atoms with Crippen molar-refractivity contribution in [3.8, 4) is 0 Å². The van der Waals surface area contributed by atoms with E-state index in [1.807, 2.05) is 0 Å². The van der Waals surface area contributed by atoms with E-state index in [1.165, 1.54) is 27.8 Å². The molecule has 3 rings (SSSR count). The Morgan fingerprint density at radius 2 is 1.04 bits per heavy atom. The van der Waals surface area contributed by atoms with Crippen molar-refractivity contribution in [1.82, 2.24) is 4.90 Å². The first-order valence-corrected chi connectivity index (χ1v) is 8.42. The van der Waals surface area contributed by atoms with Crippen LogP contribution >= 0.6 is 0 Å². The van der Waals surface area contributed by atoms with Crippen molar-refractivity contribution in [1.29, 1.82) is 0 Å². The molecular weight excluding hydrogens is 290 g/mol. The zero-order valence-corrected chi connectivity index (χ0v) is 15.0. The molecule has 0 saturated heterocycles. The fraction of sp³-hybridized carbons (Fsp3) is 0.217. The van der Waals surface area contributed by atoms with Crippen molar-refractivity contribution in [2.24, 2.45) is 0 Å². The van der Waals surface area contributed by atoms with Gasteiger partial charge >= 0.3 is 0 Å². The van der Waals surface area contributed by atoms with Crippen LogP contribution in [-0.4, -0.2) is 19.0 Å². The molecule has 0 saturated carbocycles. The highest BCUT2D eigenvalue weighted by molar-refractivity contribution is 5.50. The second kappa shape index (κ2) is 6.62. The van der Waals surface area contributed by atoms with Gasteiger partial charge in [-0.3, -0.25) is 4.90 Å². The third-order valence-corrected chi connectivity index (χ3v) is 4.73. The smallest absolute Gasteiger partial charge is 0.0968 e. The number of aryl methyl sites for hydroxylation is 2. The normalized spacial score (nSPS) is 11.7. The summed E-state index contributed by atoms with van der Waals surface area (Å²) in [6.45, 7) is 4.32. The number of hydrogen-bond donors (Lipinski definition) is 0. The molecule has 0 heterocycles. The Kier molecular flexibility index (Phi) is 4.55. The van der Waals surface area contributed by atoms with Crippen LogP contribution in [0.25, 0.3) is 0 Å². The molecule has 0 aliphatic heterocycles. The minimum atomic E-state index is -0.306. The van der Waals surface area contributed by atoms with Gasteiger partial charge in [-0.2, -0.15) is 0 Å². The summed E-state index contributed by atoms with van der Waals surface area (Å²) in [5.41, 5.74) is 6.13. The lowest BCUT2D eigenvalue weighted by Gasteiger charge is -2.42. The summed E-state index contributed by atoms with van der Waals surface area (Å²) in [5, 5.41) is 0. The summed E-state index contributed by atoms with van der Waals surface area (Å²) in [6.07, 6.45) is 0. The van der Waals surface area contributed by atoms with Crippen LogP contribution in [0.5, 0.6) is 0 Å². The van der Waals surface area contributed by atoms with Gasteiger partial charge < -0.3 is 0 Å². The SMILES string of the molecule is Cc1cccc(C(c2ccccc2)(c2cccc(C)c2)N(C)C)c1. The number of nitrogens with zero attached hydrogens (tertiary/aromatic N) is 1. The molecule has 0 aromatic heterocycles. The molecule has 0 fully saturated rings. The molecule has 1 heteroatoms. The predicted octanol–water partition coefficient (Wildman–Crippen LogP) is 5.16. The van der Waals surface area contributed by atoms with Gasteiger partial charge in [0.05, 0.1) is 5.54 Å². The molecule has 0 spiro atoms. The molecule has 122 valence electrons. The second-order valence-corrected chi connectivity index (χ2v) is 6.71. The standard InChI is InChI=1S/C23H25N/c1-18-10-8-14-21(16-18)23(24(3)4,20-12-6-5-7-13-20)22-15-9-11-19(2)17-22/h5-17H,1-4H3. The maximum atomic E-state index is 2.33. The van der Waals surface area contributed by atoms with E-state index < -0.39 is 0 Å². The Hall–Kier alpha value is -2.38. The average molecular weight is 315 g/mol. The van der Waals surface area contributed by atoms with Crippen LogP contribution in [0.2, 0.25) is 0 Å². The number of benzene rings is 3. The Bertz CT molecular complexity index is 773. The van der Waals surface area contributed by atoms with Crippen LogP contribution in [0.3, 0.4) is 0 Å². The molecular formula is C23H25N. The van der Waals surface area contributed by atoms with E-state index in [0.717, 1.165) is 0 Å². The largest absolute Gasteiger partial charge is 0.292 e. The lowest BCUT2D eigenvalue weighted by molar-refractivity contribution is 0.247. The molecule has 24 heavy (non-hydrogen) atoms. The van der Waals surface area contributed by atoms with Crippen LogP contribution in [0, 0.1) is 13.8 Å². The minimum Gasteiger partial charge on any atom is -0.292 e. The molecule has 0 unspecified atom stereocenters. The first kappa shape index (κ1) is 16.5. The number of hydrogen-bond acceptors (Lipinski definition) is 1. The van der Waals surface area contributed by atoms with E-state index in [9.17, 15) is 0 Å². The van der Waals surface area contributed by atoms with Gasteiger partial charge in [0.25, 0.3) is 0 Å². The summed E-state index contributed by atoms with van der Waals surface area (Å²) >= 11 is 0. The maximum Gasteiger partial charge on any atom is 0.0968 e. The minimum absolute atomic E-state index is 0.306. The van der Waals surface area contributed by atoms with E-state index in [4.69, 9.17) is 0 Å². The van der Waals surface area contributed by atoms with E-state index in [1.54, 1.807) is 0 Å². The van der Waals surface area contributed by atoms with Crippen molar-refractivity contribution < 1.29 is 0 Å². The third-order valence-electron chi connectivity index (χ3n) is 4.73. The lowest BCUT2D eigenvalue weighted by atomic mass is 9.75. The summed E-state index contributed by atoms with van der Waals surface area (Å²) in [4.78, 5) is 2.33. The Balaban J connectivity index is 2.38. The molecule has 0 amide bonds. The number of rotatable bonds is 4. The van der Waals surface area contributed by atoms with E-state index in [0.29, 0.717) is 0 Å². The zero-order chi connectivity index (χ0) is 17.2. The van der Waals surface area contributed by atoms with Gasteiger partial charge in [-0.15, -0.1) is 0 Å². The van der Waals surface area contributed by atoms with Gasteiger partial charge in [-0.1, -0.05) is 90.0 Å². The van der Waals surface area contributed by atoms with Crippen LogP contribution in [-0.2, 0) is 5.54 Å². The summed E-state index contributed by atoms with van der Waals surface area (Å²) < 4.78 is 0. The van der Waals surface area contributed by atoms with Gasteiger partial charge in [-0.25, -0.2) is 0 Å². The van der Waals surface area contributed by atoms with Crippen molar-refractivity contribution in [2.45, 2.75) is 19.4 Å². The van der Waals surface area contributed by atoms with Crippen molar-refractivity contribution in [3.05, 3.63) is 107 Å². The highest BCUT2D eigenvalue weighted by atomic mass is 15.1. The van der Waals surface area contributed by atoms with E-state index in [-0.39, 0.29) is 5.54 Å². The molecule has 0 bridgehead atoms. The summed E-state index contributed by atoms with van der Waals surface area (Å²) in [7, 11) is 4.33. The van der Waals surface area contributed by atoms with Gasteiger partial charge in [0, 0.05) is 0 Å². The fourth-order valence-electron chi connectivity index (χ4n) is 3.69. The molecule has 3 aromatic carbocycles. The molecule has 0 aliphatic carbocycles. The summed E-state index contributed by atoms with van der Waals surface area (Å²) in [5.74, 6) is 0. The molecule has 0 atom stereocenters. The van der Waals surface area contributed by atoms with Gasteiger partial charge in [-0.05, 0) is 44.6 Å². The lowest BCUT2D eigenvalue weighted by Crippen LogP contribution is -2.43. The van der Waals surface area contributed by atoms with E-state index >= 15 is 0 Å². The topological polar surface area (TPSA) is 3.24 Å². The van der Waals surface area contributed by atoms with Crippen molar-refractivity contribution >= 4 is 0 Å². The maximum absolute atomic E-state index is 2.33. The second-order valence-electron chi connectivity index (χ2n) is 6.71. The zero-order valence-electron chi connectivity index (χ0n) is 15.0. The van der Waals surface area contributed by atoms with Crippen LogP contribution in [0.4, 0.5) is 0 Å². The fourth-order valence-corrected chi connectivity index (χ4v) is 3.69. The van der Waals surface area contributed by atoms with Crippen molar-refractivity contribution in [2.75, 3.05) is 14.1 Å². The summed E-state index contributed by atoms with van der Waals surface area (Å²) in [6, 6.07) is 28.5. The Morgan fingerprint density at radius 3 is 1.46 bits per heavy atom. The van der Waals surface area contributed by atoms with Crippen LogP contribution in [0.15, 0.2) is 78.9 Å². The van der Waals surface area contributed by atoms with Crippen molar-refractivity contribution in [3.63, 3.8) is 0 Å². The Labute approximate surface area is 145 Å². The third kappa shape index (κ3) is 2.76. The quantitative estimate of drug-likeness (QED) is 0.601. The van der Waals surface area contributed by atoms with E-state index in [2.05, 4.69) is 112 Å². The molecule has 0 N–H and O–H groups in total. The monoisotopic (exact) mass is 315 g/mol.